The Balaban J connectivity index is 2.03. The van der Waals surface area contributed by atoms with E-state index in [2.05, 4.69) is 16.7 Å². The zero-order valence-electron chi connectivity index (χ0n) is 8.55. The topological polar surface area (TPSA) is 67.1 Å². The first kappa shape index (κ1) is 10.1. The summed E-state index contributed by atoms with van der Waals surface area (Å²) in [5.41, 5.74) is 8.61. The van der Waals surface area contributed by atoms with Crippen molar-refractivity contribution < 1.29 is 4.79 Å². The van der Waals surface area contributed by atoms with Gasteiger partial charge in [-0.2, -0.15) is 0 Å². The van der Waals surface area contributed by atoms with Crippen molar-refractivity contribution in [2.45, 2.75) is 13.0 Å². The number of nitrogens with one attached hydrogen (secondary N) is 2. The van der Waals surface area contributed by atoms with Crippen LogP contribution in [0.5, 0.6) is 0 Å². The van der Waals surface area contributed by atoms with Gasteiger partial charge in [-0.3, -0.25) is 4.79 Å². The van der Waals surface area contributed by atoms with Crippen LogP contribution in [0.3, 0.4) is 0 Å². The fraction of sp³-hybridized carbons (Fsp3) is 0.364. The van der Waals surface area contributed by atoms with Crippen LogP contribution in [0.4, 0.5) is 5.69 Å². The van der Waals surface area contributed by atoms with E-state index in [1.807, 2.05) is 12.1 Å². The lowest BCUT2D eigenvalue weighted by Gasteiger charge is -2.05. The van der Waals surface area contributed by atoms with Gasteiger partial charge in [0.25, 0.3) is 0 Å². The van der Waals surface area contributed by atoms with E-state index in [1.54, 1.807) is 0 Å². The number of carbonyl (C=O) groups is 1. The van der Waals surface area contributed by atoms with E-state index in [0.717, 1.165) is 24.3 Å². The maximum absolute atomic E-state index is 11.1. The van der Waals surface area contributed by atoms with E-state index in [-0.39, 0.29) is 5.91 Å². The summed E-state index contributed by atoms with van der Waals surface area (Å²) in [7, 11) is 0. The van der Waals surface area contributed by atoms with Crippen LogP contribution in [0, 0.1) is 0 Å². The van der Waals surface area contributed by atoms with Crippen LogP contribution in [-0.4, -0.2) is 19.0 Å². The van der Waals surface area contributed by atoms with E-state index in [4.69, 9.17) is 5.73 Å². The van der Waals surface area contributed by atoms with E-state index < -0.39 is 0 Å². The normalized spacial score (nSPS) is 13.8. The second-order valence-corrected chi connectivity index (χ2v) is 3.68. The maximum atomic E-state index is 11.1. The Morgan fingerprint density at radius 1 is 1.47 bits per heavy atom. The first-order valence-electron chi connectivity index (χ1n) is 5.12. The number of anilines is 1. The number of amides is 1. The third-order valence-corrected chi connectivity index (χ3v) is 2.44. The summed E-state index contributed by atoms with van der Waals surface area (Å²) in [5.74, 6) is 0.0806. The van der Waals surface area contributed by atoms with Gasteiger partial charge in [0.15, 0.2) is 0 Å². The van der Waals surface area contributed by atoms with Gasteiger partial charge in [0.1, 0.15) is 0 Å². The largest absolute Gasteiger partial charge is 0.329 e. The van der Waals surface area contributed by atoms with Gasteiger partial charge in [-0.15, -0.1) is 0 Å². The van der Waals surface area contributed by atoms with E-state index in [9.17, 15) is 4.79 Å². The lowest BCUT2D eigenvalue weighted by molar-refractivity contribution is -0.115. The molecule has 0 bridgehead atoms. The van der Waals surface area contributed by atoms with E-state index in [0.29, 0.717) is 13.0 Å². The number of rotatable bonds is 4. The fourth-order valence-corrected chi connectivity index (χ4v) is 1.73. The SMILES string of the molecule is NCCNCc1ccc2c(c1)CC(=O)N2. The van der Waals surface area contributed by atoms with Crippen LogP contribution < -0.4 is 16.4 Å². The molecule has 1 aromatic carbocycles. The van der Waals surface area contributed by atoms with Crippen LogP contribution in [0.15, 0.2) is 18.2 Å². The predicted octanol–water partition coefficient (Wildman–Crippen LogP) is 0.229. The molecule has 0 aliphatic carbocycles. The molecule has 80 valence electrons. The highest BCUT2D eigenvalue weighted by atomic mass is 16.1. The summed E-state index contributed by atoms with van der Waals surface area (Å²) < 4.78 is 0. The average Bonchev–Trinajstić information content (AvgIpc) is 2.57. The molecular formula is C11H15N3O. The zero-order chi connectivity index (χ0) is 10.7. The third kappa shape index (κ3) is 2.34. The molecule has 4 heteroatoms. The second kappa shape index (κ2) is 4.42. The molecule has 4 N–H and O–H groups in total. The van der Waals surface area contributed by atoms with Crippen molar-refractivity contribution in [1.82, 2.24) is 5.32 Å². The highest BCUT2D eigenvalue weighted by molar-refractivity contribution is 5.99. The zero-order valence-corrected chi connectivity index (χ0v) is 8.55. The molecule has 0 unspecified atom stereocenters. The molecule has 0 aromatic heterocycles. The van der Waals surface area contributed by atoms with Gasteiger partial charge in [0.2, 0.25) is 5.91 Å². The van der Waals surface area contributed by atoms with E-state index in [1.165, 1.54) is 5.56 Å². The van der Waals surface area contributed by atoms with Gasteiger partial charge in [-0.25, -0.2) is 0 Å². The Kier molecular flexibility index (Phi) is 2.99. The minimum atomic E-state index is 0.0806. The van der Waals surface area contributed by atoms with Crippen LogP contribution >= 0.6 is 0 Å². The Morgan fingerprint density at radius 2 is 2.33 bits per heavy atom. The lowest BCUT2D eigenvalue weighted by atomic mass is 10.1. The molecule has 0 saturated carbocycles. The van der Waals surface area contributed by atoms with Crippen LogP contribution in [0.2, 0.25) is 0 Å². The van der Waals surface area contributed by atoms with Gasteiger partial charge >= 0.3 is 0 Å². The summed E-state index contributed by atoms with van der Waals surface area (Å²) >= 11 is 0. The Labute approximate surface area is 88.9 Å². The molecule has 0 spiro atoms. The van der Waals surface area contributed by atoms with Gasteiger partial charge in [-0.1, -0.05) is 12.1 Å². The summed E-state index contributed by atoms with van der Waals surface area (Å²) in [4.78, 5) is 11.1. The number of benzene rings is 1. The van der Waals surface area contributed by atoms with Crippen molar-refractivity contribution in [3.63, 3.8) is 0 Å². The number of hydrogen-bond donors (Lipinski definition) is 3. The molecule has 1 heterocycles. The van der Waals surface area contributed by atoms with Gasteiger partial charge < -0.3 is 16.4 Å². The summed E-state index contributed by atoms with van der Waals surface area (Å²) in [5, 5.41) is 6.04. The lowest BCUT2D eigenvalue weighted by Crippen LogP contribution is -2.21. The van der Waals surface area contributed by atoms with Crippen LogP contribution in [0.25, 0.3) is 0 Å². The molecule has 2 rings (SSSR count). The van der Waals surface area contributed by atoms with Crippen LogP contribution in [-0.2, 0) is 17.8 Å². The Morgan fingerprint density at radius 3 is 3.13 bits per heavy atom. The summed E-state index contributed by atoms with van der Waals surface area (Å²) in [6, 6.07) is 6.05. The Bertz CT molecular complexity index is 376. The summed E-state index contributed by atoms with van der Waals surface area (Å²) in [6.07, 6.45) is 0.500. The number of carbonyl (C=O) groups excluding carboxylic acids is 1. The molecule has 15 heavy (non-hydrogen) atoms. The smallest absolute Gasteiger partial charge is 0.228 e. The molecule has 1 aliphatic heterocycles. The van der Waals surface area contributed by atoms with Crippen molar-refractivity contribution in [1.29, 1.82) is 0 Å². The van der Waals surface area contributed by atoms with Gasteiger partial charge in [0.05, 0.1) is 6.42 Å². The second-order valence-electron chi connectivity index (χ2n) is 3.68. The molecule has 0 radical (unpaired) electrons. The highest BCUT2D eigenvalue weighted by Crippen LogP contribution is 2.23. The van der Waals surface area contributed by atoms with Crippen molar-refractivity contribution in [2.24, 2.45) is 5.73 Å². The average molecular weight is 205 g/mol. The molecule has 0 saturated heterocycles. The van der Waals surface area contributed by atoms with Gasteiger partial charge in [0, 0.05) is 25.3 Å². The maximum Gasteiger partial charge on any atom is 0.228 e. The molecule has 1 aromatic rings. The van der Waals surface area contributed by atoms with E-state index >= 15 is 0 Å². The van der Waals surface area contributed by atoms with Crippen molar-refractivity contribution in [2.75, 3.05) is 18.4 Å². The standard InChI is InChI=1S/C11H15N3O/c12-3-4-13-7-8-1-2-10-9(5-8)6-11(15)14-10/h1-2,5,13H,3-4,6-7,12H2,(H,14,15). The number of hydrogen-bond acceptors (Lipinski definition) is 3. The minimum absolute atomic E-state index is 0.0806. The fourth-order valence-electron chi connectivity index (χ4n) is 1.73. The Hall–Kier alpha value is -1.39. The van der Waals surface area contributed by atoms with Crippen LogP contribution in [0.1, 0.15) is 11.1 Å². The molecule has 1 amide bonds. The third-order valence-electron chi connectivity index (χ3n) is 2.44. The van der Waals surface area contributed by atoms with Crippen molar-refractivity contribution >= 4 is 11.6 Å². The first-order valence-corrected chi connectivity index (χ1v) is 5.12. The minimum Gasteiger partial charge on any atom is -0.329 e. The first-order chi connectivity index (χ1) is 7.29. The van der Waals surface area contributed by atoms with Crippen molar-refractivity contribution in [3.05, 3.63) is 29.3 Å². The quantitative estimate of drug-likeness (QED) is 0.616. The highest BCUT2D eigenvalue weighted by Gasteiger charge is 2.16. The van der Waals surface area contributed by atoms with Gasteiger partial charge in [-0.05, 0) is 17.2 Å². The monoisotopic (exact) mass is 205 g/mol. The number of nitrogens with two attached hydrogens (primary N) is 1. The molecule has 0 atom stereocenters. The number of fused-ring (bicyclic) bond motifs is 1. The predicted molar refractivity (Wildman–Crippen MR) is 59.5 cm³/mol. The molecule has 4 nitrogen and oxygen atoms in total. The molecule has 1 aliphatic rings. The molecular weight excluding hydrogens is 190 g/mol. The van der Waals surface area contributed by atoms with Crippen molar-refractivity contribution in [3.8, 4) is 0 Å². The summed E-state index contributed by atoms with van der Waals surface area (Å²) in [6.45, 7) is 2.26. The molecule has 0 fully saturated rings.